The number of benzene rings is 1. The van der Waals surface area contributed by atoms with Crippen molar-refractivity contribution in [2.45, 2.75) is 19.4 Å². The number of pyridine rings is 1. The molecular formula is C25H28N6O. The number of hydrogen-bond acceptors (Lipinski definition) is 6. The van der Waals surface area contributed by atoms with E-state index in [1.54, 1.807) is 18.5 Å². The lowest BCUT2D eigenvalue weighted by molar-refractivity contribution is 0.104. The largest absolute Gasteiger partial charge is 0.383 e. The second kappa shape index (κ2) is 8.73. The second-order valence-corrected chi connectivity index (χ2v) is 8.63. The molecule has 1 N–H and O–H groups in total. The van der Waals surface area contributed by atoms with Crippen LogP contribution in [-0.4, -0.2) is 77.2 Å². The van der Waals surface area contributed by atoms with Crippen LogP contribution >= 0.6 is 0 Å². The van der Waals surface area contributed by atoms with Crippen LogP contribution in [0.15, 0.2) is 30.6 Å². The van der Waals surface area contributed by atoms with Gasteiger partial charge in [0.15, 0.2) is 5.78 Å². The SMILES string of the molecule is CN(C)CCn1nc2c3c(c(NCCC#CCCN4CC4)ccc31)C(=O)c1ccncc1-2. The van der Waals surface area contributed by atoms with Crippen molar-refractivity contribution in [2.75, 3.05) is 52.1 Å². The van der Waals surface area contributed by atoms with Gasteiger partial charge >= 0.3 is 0 Å². The Labute approximate surface area is 188 Å². The summed E-state index contributed by atoms with van der Waals surface area (Å²) in [6.45, 7) is 5.84. The van der Waals surface area contributed by atoms with Crippen molar-refractivity contribution in [3.8, 4) is 23.1 Å². The number of ketones is 1. The fourth-order valence-electron chi connectivity index (χ4n) is 4.17. The van der Waals surface area contributed by atoms with Gasteiger partial charge in [-0.25, -0.2) is 0 Å². The molecule has 0 saturated carbocycles. The molecule has 7 nitrogen and oxygen atoms in total. The maximum atomic E-state index is 13.5. The molecule has 164 valence electrons. The number of nitrogens with one attached hydrogen (secondary N) is 1. The third kappa shape index (κ3) is 3.99. The zero-order chi connectivity index (χ0) is 22.1. The van der Waals surface area contributed by atoms with Gasteiger partial charge in [0.2, 0.25) is 0 Å². The first-order valence-electron chi connectivity index (χ1n) is 11.2. The van der Waals surface area contributed by atoms with Gasteiger partial charge in [-0.1, -0.05) is 0 Å². The van der Waals surface area contributed by atoms with Crippen molar-refractivity contribution < 1.29 is 4.79 Å². The van der Waals surface area contributed by atoms with Crippen molar-refractivity contribution >= 4 is 22.4 Å². The van der Waals surface area contributed by atoms with Crippen LogP contribution in [0.25, 0.3) is 22.2 Å². The predicted octanol–water partition coefficient (Wildman–Crippen LogP) is 2.72. The van der Waals surface area contributed by atoms with Gasteiger partial charge in [-0.15, -0.1) is 11.8 Å². The highest BCUT2D eigenvalue weighted by molar-refractivity contribution is 6.27. The van der Waals surface area contributed by atoms with Crippen molar-refractivity contribution in [1.82, 2.24) is 24.6 Å². The molecule has 3 heterocycles. The summed E-state index contributed by atoms with van der Waals surface area (Å²) in [6, 6.07) is 5.87. The smallest absolute Gasteiger partial charge is 0.196 e. The molecule has 5 rings (SSSR count). The summed E-state index contributed by atoms with van der Waals surface area (Å²) in [4.78, 5) is 22.3. The monoisotopic (exact) mass is 428 g/mol. The highest BCUT2D eigenvalue weighted by atomic mass is 16.1. The topological polar surface area (TPSA) is 66.1 Å². The number of rotatable bonds is 8. The van der Waals surface area contributed by atoms with E-state index in [1.165, 1.54) is 13.1 Å². The number of hydrogen-bond donors (Lipinski definition) is 1. The minimum Gasteiger partial charge on any atom is -0.383 e. The molecule has 2 aliphatic rings. The lowest BCUT2D eigenvalue weighted by Crippen LogP contribution is -2.19. The molecular weight excluding hydrogens is 400 g/mol. The van der Waals surface area contributed by atoms with Gasteiger partial charge in [-0.05, 0) is 32.3 Å². The summed E-state index contributed by atoms with van der Waals surface area (Å²) in [5.74, 6) is 6.52. The lowest BCUT2D eigenvalue weighted by Gasteiger charge is -2.18. The Bertz CT molecular complexity index is 1230. The molecule has 0 radical (unpaired) electrons. The minimum absolute atomic E-state index is 0.0275. The number of fused-ring (bicyclic) bond motifs is 2. The van der Waals surface area contributed by atoms with Gasteiger partial charge in [0.25, 0.3) is 0 Å². The molecule has 1 aromatic carbocycles. The van der Waals surface area contributed by atoms with Gasteiger partial charge in [-0.2, -0.15) is 5.10 Å². The van der Waals surface area contributed by atoms with E-state index in [-0.39, 0.29) is 5.78 Å². The average Bonchev–Trinajstić information content (AvgIpc) is 3.55. The van der Waals surface area contributed by atoms with Crippen LogP contribution in [0.1, 0.15) is 28.8 Å². The summed E-state index contributed by atoms with van der Waals surface area (Å²) in [5, 5.41) is 9.28. The van der Waals surface area contributed by atoms with Crippen molar-refractivity contribution in [2.24, 2.45) is 0 Å². The van der Waals surface area contributed by atoms with E-state index >= 15 is 0 Å². The number of carbonyl (C=O) groups excluding carboxylic acids is 1. The summed E-state index contributed by atoms with van der Waals surface area (Å²) in [7, 11) is 4.10. The van der Waals surface area contributed by atoms with E-state index in [4.69, 9.17) is 5.10 Å². The fourth-order valence-corrected chi connectivity index (χ4v) is 4.17. The average molecular weight is 429 g/mol. The van der Waals surface area contributed by atoms with Gasteiger partial charge < -0.3 is 10.2 Å². The van der Waals surface area contributed by atoms with E-state index in [1.807, 2.05) is 24.8 Å². The Balaban J connectivity index is 1.44. The first-order chi connectivity index (χ1) is 15.6. The summed E-state index contributed by atoms with van der Waals surface area (Å²) in [6.07, 6.45) is 5.10. The molecule has 1 aliphatic heterocycles. The van der Waals surface area contributed by atoms with E-state index in [9.17, 15) is 4.79 Å². The zero-order valence-electron chi connectivity index (χ0n) is 18.7. The molecule has 0 atom stereocenters. The van der Waals surface area contributed by atoms with Crippen LogP contribution in [0.3, 0.4) is 0 Å². The van der Waals surface area contributed by atoms with Crippen molar-refractivity contribution in [3.05, 3.63) is 41.7 Å². The molecule has 7 heteroatoms. The van der Waals surface area contributed by atoms with Crippen molar-refractivity contribution in [1.29, 1.82) is 0 Å². The molecule has 1 aliphatic carbocycles. The van der Waals surface area contributed by atoms with E-state index in [2.05, 4.69) is 38.0 Å². The predicted molar refractivity (Wildman–Crippen MR) is 127 cm³/mol. The molecule has 32 heavy (non-hydrogen) atoms. The molecule has 0 spiro atoms. The van der Waals surface area contributed by atoms with Gasteiger partial charge in [0.05, 0.1) is 17.6 Å². The van der Waals surface area contributed by atoms with Crippen LogP contribution in [0, 0.1) is 11.8 Å². The summed E-state index contributed by atoms with van der Waals surface area (Å²) in [5.41, 5.74) is 4.87. The lowest BCUT2D eigenvalue weighted by atomic mass is 9.87. The molecule has 0 amide bonds. The number of carbonyl (C=O) groups is 1. The molecule has 1 saturated heterocycles. The second-order valence-electron chi connectivity index (χ2n) is 8.63. The third-order valence-electron chi connectivity index (χ3n) is 6.01. The summed E-state index contributed by atoms with van der Waals surface area (Å²) >= 11 is 0. The Morgan fingerprint density at radius 3 is 2.75 bits per heavy atom. The maximum absolute atomic E-state index is 13.5. The third-order valence-corrected chi connectivity index (χ3v) is 6.01. The Morgan fingerprint density at radius 1 is 1.09 bits per heavy atom. The number of nitrogens with zero attached hydrogens (tertiary/aromatic N) is 5. The van der Waals surface area contributed by atoms with E-state index in [0.29, 0.717) is 17.7 Å². The number of anilines is 1. The van der Waals surface area contributed by atoms with Gasteiger partial charge in [-0.3, -0.25) is 19.4 Å². The van der Waals surface area contributed by atoms with Crippen LogP contribution in [0.2, 0.25) is 0 Å². The quantitative estimate of drug-likeness (QED) is 0.264. The van der Waals surface area contributed by atoms with Crippen LogP contribution in [0.4, 0.5) is 5.69 Å². The Hall–Kier alpha value is -3.21. The maximum Gasteiger partial charge on any atom is 0.196 e. The molecule has 2 aromatic heterocycles. The van der Waals surface area contributed by atoms with Crippen LogP contribution < -0.4 is 5.32 Å². The first-order valence-corrected chi connectivity index (χ1v) is 11.2. The fraction of sp³-hybridized carbons (Fsp3) is 0.400. The Kier molecular flexibility index (Phi) is 5.64. The summed E-state index contributed by atoms with van der Waals surface area (Å²) < 4.78 is 2.01. The highest BCUT2D eigenvalue weighted by Crippen LogP contribution is 2.41. The van der Waals surface area contributed by atoms with Crippen LogP contribution in [-0.2, 0) is 6.54 Å². The number of aromatic nitrogens is 3. The van der Waals surface area contributed by atoms with E-state index < -0.39 is 0 Å². The Morgan fingerprint density at radius 2 is 1.94 bits per heavy atom. The van der Waals surface area contributed by atoms with Gasteiger partial charge in [0.1, 0.15) is 5.69 Å². The normalized spacial score (nSPS) is 14.4. The first kappa shape index (κ1) is 20.7. The van der Waals surface area contributed by atoms with Crippen LogP contribution in [0.5, 0.6) is 0 Å². The zero-order valence-corrected chi connectivity index (χ0v) is 18.7. The highest BCUT2D eigenvalue weighted by Gasteiger charge is 2.31. The molecule has 0 unspecified atom stereocenters. The van der Waals surface area contributed by atoms with Gasteiger partial charge in [0, 0.05) is 80.2 Å². The van der Waals surface area contributed by atoms with Crippen molar-refractivity contribution in [3.63, 3.8) is 0 Å². The molecule has 3 aromatic rings. The minimum atomic E-state index is 0.0275. The molecule has 0 bridgehead atoms. The van der Waals surface area contributed by atoms with E-state index in [0.717, 1.165) is 60.3 Å². The molecule has 1 fully saturated rings. The standard InChI is InChI=1S/C25H28N6O/c1-29(2)13-16-31-21-8-7-20(27-10-5-3-4-6-12-30-14-15-30)22-23(21)24(28-31)19-17-26-11-9-18(19)25(22)32/h7-9,11,17,27H,5-6,10,12-16H2,1-2H3. The number of likely N-dealkylation sites (N-methyl/N-ethyl adjacent to an activating group) is 1.